The van der Waals surface area contributed by atoms with Crippen molar-refractivity contribution in [2.75, 3.05) is 11.9 Å². The second-order valence-electron chi connectivity index (χ2n) is 6.67. The zero-order chi connectivity index (χ0) is 22.8. The van der Waals surface area contributed by atoms with Crippen molar-refractivity contribution in [3.05, 3.63) is 65.4 Å². The van der Waals surface area contributed by atoms with Gasteiger partial charge in [-0.2, -0.15) is 8.78 Å². The van der Waals surface area contributed by atoms with Crippen LogP contribution in [-0.4, -0.2) is 37.6 Å². The molecule has 0 aliphatic rings. The predicted octanol–water partition coefficient (Wildman–Crippen LogP) is 3.64. The number of aryl methyl sites for hydroxylation is 2. The summed E-state index contributed by atoms with van der Waals surface area (Å²) in [5, 5.41) is 3.20. The molecule has 1 heterocycles. The number of anilines is 1. The van der Waals surface area contributed by atoms with Gasteiger partial charge in [-0.25, -0.2) is 13.2 Å². The van der Waals surface area contributed by atoms with Crippen LogP contribution in [0.1, 0.15) is 21.6 Å². The van der Waals surface area contributed by atoms with Gasteiger partial charge < -0.3 is 10.1 Å². The van der Waals surface area contributed by atoms with Crippen molar-refractivity contribution in [3.8, 4) is 0 Å². The summed E-state index contributed by atoms with van der Waals surface area (Å²) in [6, 6.07) is 11.6. The summed E-state index contributed by atoms with van der Waals surface area (Å²) in [6.07, 6.45) is 0. The molecule has 2 aromatic carbocycles. The van der Waals surface area contributed by atoms with Crippen LogP contribution in [0.2, 0.25) is 0 Å². The molecule has 162 valence electrons. The van der Waals surface area contributed by atoms with E-state index in [0.29, 0.717) is 11.3 Å². The summed E-state index contributed by atoms with van der Waals surface area (Å²) >= 11 is 0. The van der Waals surface area contributed by atoms with Crippen molar-refractivity contribution in [2.24, 2.45) is 0 Å². The second-order valence-corrected chi connectivity index (χ2v) is 8.59. The molecule has 0 radical (unpaired) electrons. The molecule has 0 fully saturated rings. The number of hydrogen-bond donors (Lipinski definition) is 1. The summed E-state index contributed by atoms with van der Waals surface area (Å²) in [6.45, 7) is 2.84. The Morgan fingerprint density at radius 3 is 2.35 bits per heavy atom. The SMILES string of the molecule is Cc1nc2ccccc2c(C)c1C(=O)OCC(=O)Nc1ccc(S(=O)(=O)C(F)F)cc1. The summed E-state index contributed by atoms with van der Waals surface area (Å²) in [4.78, 5) is 28.4. The fourth-order valence-electron chi connectivity index (χ4n) is 3.06. The molecule has 1 aromatic heterocycles. The van der Waals surface area contributed by atoms with Gasteiger partial charge in [0, 0.05) is 11.1 Å². The average Bonchev–Trinajstić information content (AvgIpc) is 2.72. The highest BCUT2D eigenvalue weighted by atomic mass is 32.2. The lowest BCUT2D eigenvalue weighted by molar-refractivity contribution is -0.119. The monoisotopic (exact) mass is 448 g/mol. The number of fused-ring (bicyclic) bond motifs is 1. The number of hydrogen-bond acceptors (Lipinski definition) is 6. The minimum atomic E-state index is -4.72. The van der Waals surface area contributed by atoms with Gasteiger partial charge in [0.05, 0.1) is 21.7 Å². The molecule has 0 atom stereocenters. The Kier molecular flexibility index (Phi) is 6.30. The number of ether oxygens (including phenoxy) is 1. The third-order valence-electron chi connectivity index (χ3n) is 4.57. The van der Waals surface area contributed by atoms with Gasteiger partial charge >= 0.3 is 11.7 Å². The molecule has 0 bridgehead atoms. The lowest BCUT2D eigenvalue weighted by Crippen LogP contribution is -2.22. The maximum atomic E-state index is 12.6. The fourth-order valence-corrected chi connectivity index (χ4v) is 3.78. The highest BCUT2D eigenvalue weighted by molar-refractivity contribution is 7.91. The Labute approximate surface area is 177 Å². The summed E-state index contributed by atoms with van der Waals surface area (Å²) < 4.78 is 53.0. The zero-order valence-electron chi connectivity index (χ0n) is 16.6. The first-order valence-corrected chi connectivity index (χ1v) is 10.6. The molecule has 3 rings (SSSR count). The molecule has 0 saturated heterocycles. The quantitative estimate of drug-likeness (QED) is 0.578. The molecule has 7 nitrogen and oxygen atoms in total. The topological polar surface area (TPSA) is 102 Å². The van der Waals surface area contributed by atoms with Crippen LogP contribution in [0.15, 0.2) is 53.4 Å². The number of carbonyl (C=O) groups excluding carboxylic acids is 2. The van der Waals surface area contributed by atoms with Gasteiger partial charge in [0.15, 0.2) is 6.61 Å². The van der Waals surface area contributed by atoms with Crippen molar-refractivity contribution in [2.45, 2.75) is 24.5 Å². The number of benzene rings is 2. The van der Waals surface area contributed by atoms with Gasteiger partial charge in [0.2, 0.25) is 9.84 Å². The molecule has 0 aliphatic carbocycles. The first-order valence-electron chi connectivity index (χ1n) is 9.06. The molecular weight excluding hydrogens is 430 g/mol. The maximum Gasteiger partial charge on any atom is 0.341 e. The number of alkyl halides is 2. The number of esters is 1. The van der Waals surface area contributed by atoms with E-state index in [9.17, 15) is 26.8 Å². The van der Waals surface area contributed by atoms with Crippen LogP contribution in [0, 0.1) is 13.8 Å². The molecule has 0 aliphatic heterocycles. The number of aromatic nitrogens is 1. The van der Waals surface area contributed by atoms with Crippen LogP contribution in [-0.2, 0) is 19.4 Å². The van der Waals surface area contributed by atoms with E-state index in [4.69, 9.17) is 4.74 Å². The van der Waals surface area contributed by atoms with E-state index in [0.717, 1.165) is 35.2 Å². The number of carbonyl (C=O) groups is 2. The first kappa shape index (κ1) is 22.3. The number of nitrogens with one attached hydrogen (secondary N) is 1. The average molecular weight is 448 g/mol. The Morgan fingerprint density at radius 2 is 1.71 bits per heavy atom. The molecule has 3 aromatic rings. The molecule has 1 N–H and O–H groups in total. The van der Waals surface area contributed by atoms with Crippen molar-refractivity contribution in [1.82, 2.24) is 4.98 Å². The van der Waals surface area contributed by atoms with Crippen LogP contribution in [0.25, 0.3) is 10.9 Å². The third kappa shape index (κ3) is 4.69. The van der Waals surface area contributed by atoms with Crippen molar-refractivity contribution in [3.63, 3.8) is 0 Å². The molecule has 0 saturated carbocycles. The van der Waals surface area contributed by atoms with E-state index in [-0.39, 0.29) is 11.3 Å². The standard InChI is InChI=1S/C21H18F2N2O5S/c1-12-16-5-3-4-6-17(16)24-13(2)19(12)20(27)30-11-18(26)25-14-7-9-15(10-8-14)31(28,29)21(22)23/h3-10,21H,11H2,1-2H3,(H,25,26). The zero-order valence-corrected chi connectivity index (χ0v) is 17.4. The maximum absolute atomic E-state index is 12.6. The number of nitrogens with zero attached hydrogens (tertiary/aromatic N) is 1. The fraction of sp³-hybridized carbons (Fsp3) is 0.190. The van der Waals surface area contributed by atoms with Gasteiger partial charge in [-0.3, -0.25) is 9.78 Å². The normalized spacial score (nSPS) is 11.5. The van der Waals surface area contributed by atoms with Crippen LogP contribution in [0.4, 0.5) is 14.5 Å². The van der Waals surface area contributed by atoms with Gasteiger partial charge in [0.1, 0.15) is 0 Å². The summed E-state index contributed by atoms with van der Waals surface area (Å²) in [5.41, 5.74) is 2.33. The van der Waals surface area contributed by atoms with E-state index in [2.05, 4.69) is 10.3 Å². The van der Waals surface area contributed by atoms with Crippen molar-refractivity contribution >= 4 is 38.3 Å². The Morgan fingerprint density at radius 1 is 1.06 bits per heavy atom. The smallest absolute Gasteiger partial charge is 0.341 e. The van der Waals surface area contributed by atoms with Crippen LogP contribution >= 0.6 is 0 Å². The largest absolute Gasteiger partial charge is 0.452 e. The Hall–Kier alpha value is -3.40. The molecule has 31 heavy (non-hydrogen) atoms. The van der Waals surface area contributed by atoms with E-state index in [1.54, 1.807) is 13.8 Å². The van der Waals surface area contributed by atoms with Crippen LogP contribution in [0.3, 0.4) is 0 Å². The van der Waals surface area contributed by atoms with E-state index in [1.165, 1.54) is 0 Å². The first-order chi connectivity index (χ1) is 14.6. The molecular formula is C21H18F2N2O5S. The Balaban J connectivity index is 1.66. The Bertz CT molecular complexity index is 1260. The number of sulfone groups is 1. The van der Waals surface area contributed by atoms with Gasteiger partial charge in [0.25, 0.3) is 5.91 Å². The van der Waals surface area contributed by atoms with Gasteiger partial charge in [-0.1, -0.05) is 18.2 Å². The lowest BCUT2D eigenvalue weighted by atomic mass is 10.0. The number of amides is 1. The predicted molar refractivity (Wildman–Crippen MR) is 110 cm³/mol. The minimum Gasteiger partial charge on any atom is -0.452 e. The van der Waals surface area contributed by atoms with E-state index in [1.807, 2.05) is 24.3 Å². The molecule has 0 unspecified atom stereocenters. The number of rotatable bonds is 6. The van der Waals surface area contributed by atoms with Crippen LogP contribution in [0.5, 0.6) is 0 Å². The van der Waals surface area contributed by atoms with E-state index < -0.39 is 39.0 Å². The van der Waals surface area contributed by atoms with Crippen molar-refractivity contribution < 1.29 is 31.5 Å². The lowest BCUT2D eigenvalue weighted by Gasteiger charge is -2.12. The molecule has 1 amide bonds. The number of halogens is 2. The molecule has 0 spiro atoms. The summed E-state index contributed by atoms with van der Waals surface area (Å²) in [7, 11) is -4.72. The second kappa shape index (κ2) is 8.76. The van der Waals surface area contributed by atoms with Crippen molar-refractivity contribution in [1.29, 1.82) is 0 Å². The minimum absolute atomic E-state index is 0.161. The third-order valence-corrected chi connectivity index (χ3v) is 5.97. The van der Waals surface area contributed by atoms with E-state index >= 15 is 0 Å². The summed E-state index contributed by atoms with van der Waals surface area (Å²) in [5.74, 6) is -4.92. The number of pyridine rings is 1. The van der Waals surface area contributed by atoms with Gasteiger partial charge in [-0.15, -0.1) is 0 Å². The van der Waals surface area contributed by atoms with Gasteiger partial charge in [-0.05, 0) is 49.7 Å². The highest BCUT2D eigenvalue weighted by Crippen LogP contribution is 2.23. The number of para-hydroxylation sites is 1. The van der Waals surface area contributed by atoms with Crippen LogP contribution < -0.4 is 5.32 Å². The molecule has 10 heteroatoms. The highest BCUT2D eigenvalue weighted by Gasteiger charge is 2.26.